The Labute approximate surface area is 115 Å². The van der Waals surface area contributed by atoms with Gasteiger partial charge in [0.15, 0.2) is 0 Å². The molecule has 0 radical (unpaired) electrons. The van der Waals surface area contributed by atoms with Crippen LogP contribution in [0.3, 0.4) is 0 Å². The number of thioether (sulfide) groups is 1. The van der Waals surface area contributed by atoms with Crippen LogP contribution in [0.1, 0.15) is 19.3 Å². The van der Waals surface area contributed by atoms with Crippen LogP contribution in [-0.2, 0) is 9.59 Å². The molecule has 1 aromatic rings. The summed E-state index contributed by atoms with van der Waals surface area (Å²) in [6.45, 7) is 0. The number of aromatic nitrogens is 2. The Morgan fingerprint density at radius 2 is 2.05 bits per heavy atom. The summed E-state index contributed by atoms with van der Waals surface area (Å²) in [4.78, 5) is 30.1. The van der Waals surface area contributed by atoms with Crippen molar-refractivity contribution in [1.82, 2.24) is 9.97 Å². The van der Waals surface area contributed by atoms with Crippen LogP contribution in [-0.4, -0.2) is 38.5 Å². The number of carbonyl (C=O) groups excluding carboxylic acids is 1. The van der Waals surface area contributed by atoms with Gasteiger partial charge < -0.3 is 5.11 Å². The van der Waals surface area contributed by atoms with Gasteiger partial charge in [0.25, 0.3) is 0 Å². The Balaban J connectivity index is 1.69. The lowest BCUT2D eigenvalue weighted by molar-refractivity contribution is -0.138. The molecule has 0 bridgehead atoms. The molecular formula is C12H15N3O3S. The summed E-state index contributed by atoms with van der Waals surface area (Å²) in [6, 6.07) is 1.67. The molecule has 1 amide bonds. The fraction of sp³-hybridized carbons (Fsp3) is 0.500. The number of hydrogen-bond donors (Lipinski definition) is 2. The van der Waals surface area contributed by atoms with Crippen LogP contribution in [0.25, 0.3) is 0 Å². The van der Waals surface area contributed by atoms with Crippen molar-refractivity contribution in [1.29, 1.82) is 0 Å². The van der Waals surface area contributed by atoms with E-state index in [0.29, 0.717) is 17.5 Å². The maximum absolute atomic E-state index is 11.6. The zero-order valence-electron chi connectivity index (χ0n) is 10.3. The molecule has 0 unspecified atom stereocenters. The lowest BCUT2D eigenvalue weighted by Crippen LogP contribution is -2.18. The van der Waals surface area contributed by atoms with E-state index >= 15 is 0 Å². The molecule has 0 atom stereocenters. The van der Waals surface area contributed by atoms with E-state index in [-0.39, 0.29) is 17.7 Å². The third kappa shape index (κ3) is 4.51. The first-order valence-electron chi connectivity index (χ1n) is 5.96. The highest BCUT2D eigenvalue weighted by Crippen LogP contribution is 2.50. The Hall–Kier alpha value is -1.63. The van der Waals surface area contributed by atoms with Crippen molar-refractivity contribution in [2.24, 2.45) is 5.41 Å². The molecule has 102 valence electrons. The Bertz CT molecular complexity index is 463. The Morgan fingerprint density at radius 3 is 2.63 bits per heavy atom. The van der Waals surface area contributed by atoms with E-state index < -0.39 is 5.97 Å². The summed E-state index contributed by atoms with van der Waals surface area (Å²) >= 11 is 1.46. The van der Waals surface area contributed by atoms with Gasteiger partial charge in [-0.1, -0.05) is 0 Å². The van der Waals surface area contributed by atoms with Crippen molar-refractivity contribution >= 4 is 29.6 Å². The van der Waals surface area contributed by atoms with Crippen molar-refractivity contribution in [2.75, 3.05) is 16.8 Å². The minimum Gasteiger partial charge on any atom is -0.481 e. The third-order valence-electron chi connectivity index (χ3n) is 2.94. The van der Waals surface area contributed by atoms with Crippen LogP contribution >= 0.6 is 11.8 Å². The summed E-state index contributed by atoms with van der Waals surface area (Å²) < 4.78 is 0. The SMILES string of the molecule is O=C(O)CC1(CSCC(=O)Nc2ncccn2)CC1. The van der Waals surface area contributed by atoms with Gasteiger partial charge in [0.1, 0.15) is 0 Å². The molecule has 1 aliphatic rings. The van der Waals surface area contributed by atoms with E-state index in [1.807, 2.05) is 0 Å². The van der Waals surface area contributed by atoms with E-state index in [4.69, 9.17) is 5.11 Å². The Morgan fingerprint density at radius 1 is 1.37 bits per heavy atom. The van der Waals surface area contributed by atoms with Crippen LogP contribution in [0.15, 0.2) is 18.5 Å². The molecule has 0 aliphatic heterocycles. The van der Waals surface area contributed by atoms with E-state index in [1.54, 1.807) is 18.5 Å². The van der Waals surface area contributed by atoms with Gasteiger partial charge in [-0.05, 0) is 30.1 Å². The number of carboxylic acids is 1. The van der Waals surface area contributed by atoms with Gasteiger partial charge in [-0.25, -0.2) is 9.97 Å². The van der Waals surface area contributed by atoms with E-state index in [2.05, 4.69) is 15.3 Å². The molecular weight excluding hydrogens is 266 g/mol. The van der Waals surface area contributed by atoms with Gasteiger partial charge in [-0.3, -0.25) is 14.9 Å². The highest BCUT2D eigenvalue weighted by Gasteiger charge is 2.44. The fourth-order valence-corrected chi connectivity index (χ4v) is 2.94. The van der Waals surface area contributed by atoms with Crippen molar-refractivity contribution in [3.05, 3.63) is 18.5 Å². The van der Waals surface area contributed by atoms with Gasteiger partial charge in [0, 0.05) is 12.4 Å². The second kappa shape index (κ2) is 6.01. The lowest BCUT2D eigenvalue weighted by Gasteiger charge is -2.11. The van der Waals surface area contributed by atoms with Crippen molar-refractivity contribution in [3.63, 3.8) is 0 Å². The number of anilines is 1. The highest BCUT2D eigenvalue weighted by atomic mass is 32.2. The third-order valence-corrected chi connectivity index (χ3v) is 4.22. The van der Waals surface area contributed by atoms with E-state index in [0.717, 1.165) is 12.8 Å². The monoisotopic (exact) mass is 281 g/mol. The second-order valence-electron chi connectivity index (χ2n) is 4.68. The number of nitrogens with one attached hydrogen (secondary N) is 1. The average Bonchev–Trinajstić information content (AvgIpc) is 3.09. The number of rotatable bonds is 7. The minimum atomic E-state index is -0.764. The van der Waals surface area contributed by atoms with Gasteiger partial charge in [-0.2, -0.15) is 11.8 Å². The maximum Gasteiger partial charge on any atom is 0.303 e. The molecule has 1 heterocycles. The molecule has 0 aromatic carbocycles. The maximum atomic E-state index is 11.6. The number of amides is 1. The lowest BCUT2D eigenvalue weighted by atomic mass is 10.1. The molecule has 0 saturated heterocycles. The largest absolute Gasteiger partial charge is 0.481 e. The number of nitrogens with zero attached hydrogens (tertiary/aromatic N) is 2. The molecule has 0 spiro atoms. The smallest absolute Gasteiger partial charge is 0.303 e. The Kier molecular flexibility index (Phi) is 4.36. The summed E-state index contributed by atoms with van der Waals surface area (Å²) in [7, 11) is 0. The first-order valence-corrected chi connectivity index (χ1v) is 7.12. The molecule has 1 aliphatic carbocycles. The number of hydrogen-bond acceptors (Lipinski definition) is 5. The molecule has 1 aromatic heterocycles. The quantitative estimate of drug-likeness (QED) is 0.785. The van der Waals surface area contributed by atoms with Gasteiger partial charge in [-0.15, -0.1) is 0 Å². The second-order valence-corrected chi connectivity index (χ2v) is 5.67. The topological polar surface area (TPSA) is 92.2 Å². The molecule has 2 rings (SSSR count). The summed E-state index contributed by atoms with van der Waals surface area (Å²) in [5.74, 6) is 0.365. The number of carboxylic acid groups (broad SMARTS) is 1. The summed E-state index contributed by atoms with van der Waals surface area (Å²) in [5, 5.41) is 11.4. The predicted octanol–water partition coefficient (Wildman–Crippen LogP) is 1.40. The predicted molar refractivity (Wildman–Crippen MR) is 71.9 cm³/mol. The van der Waals surface area contributed by atoms with Crippen LogP contribution in [0.4, 0.5) is 5.95 Å². The molecule has 2 N–H and O–H groups in total. The van der Waals surface area contributed by atoms with Crippen molar-refractivity contribution in [3.8, 4) is 0 Å². The zero-order chi connectivity index (χ0) is 13.7. The zero-order valence-corrected chi connectivity index (χ0v) is 11.2. The van der Waals surface area contributed by atoms with Crippen LogP contribution in [0, 0.1) is 5.41 Å². The molecule has 7 heteroatoms. The van der Waals surface area contributed by atoms with Gasteiger partial charge in [0.2, 0.25) is 11.9 Å². The van der Waals surface area contributed by atoms with Gasteiger partial charge in [0.05, 0.1) is 12.2 Å². The summed E-state index contributed by atoms with van der Waals surface area (Å²) in [5.41, 5.74) is -0.0833. The number of aliphatic carboxylic acids is 1. The summed E-state index contributed by atoms with van der Waals surface area (Å²) in [6.07, 6.45) is 5.19. The van der Waals surface area contributed by atoms with Crippen molar-refractivity contribution < 1.29 is 14.7 Å². The van der Waals surface area contributed by atoms with Crippen LogP contribution in [0.2, 0.25) is 0 Å². The number of carbonyl (C=O) groups is 2. The fourth-order valence-electron chi connectivity index (χ4n) is 1.75. The van der Waals surface area contributed by atoms with Crippen LogP contribution < -0.4 is 5.32 Å². The average molecular weight is 281 g/mol. The minimum absolute atomic E-state index is 0.0833. The van der Waals surface area contributed by atoms with Crippen LogP contribution in [0.5, 0.6) is 0 Å². The highest BCUT2D eigenvalue weighted by molar-refractivity contribution is 8.00. The normalized spacial score (nSPS) is 15.8. The standard InChI is InChI=1S/C12H15N3O3S/c16-9(15-11-13-4-1-5-14-11)7-19-8-12(2-3-12)6-10(17)18/h1,4-5H,2-3,6-8H2,(H,17,18)(H,13,14,15,16). The van der Waals surface area contributed by atoms with E-state index in [1.165, 1.54) is 11.8 Å². The molecule has 6 nitrogen and oxygen atoms in total. The van der Waals surface area contributed by atoms with Gasteiger partial charge >= 0.3 is 5.97 Å². The first-order chi connectivity index (χ1) is 9.10. The molecule has 1 fully saturated rings. The molecule has 1 saturated carbocycles. The molecule has 19 heavy (non-hydrogen) atoms. The van der Waals surface area contributed by atoms with E-state index in [9.17, 15) is 9.59 Å². The first kappa shape index (κ1) is 13.8. The van der Waals surface area contributed by atoms with Crippen molar-refractivity contribution in [2.45, 2.75) is 19.3 Å².